The van der Waals surface area contributed by atoms with Crippen LogP contribution in [0.15, 0.2) is 109 Å². The number of hydrogen-bond donors (Lipinski definition) is 0. The van der Waals surface area contributed by atoms with Gasteiger partial charge >= 0.3 is 17.9 Å². The van der Waals surface area contributed by atoms with Gasteiger partial charge in [-0.3, -0.25) is 14.4 Å². The standard InChI is InChI=1S/C75H128O6/c1-4-7-10-13-16-19-22-25-28-31-34-35-36-37-38-39-42-44-47-50-53-56-59-62-65-68-74(77)80-71-72(81-75(78)69-66-63-60-57-54-51-48-45-41-33-30-27-24-21-18-15-12-9-6-3)70-79-73(76)67-64-61-58-55-52-49-46-43-40-32-29-26-23-20-17-14-11-8-5-2/h9,12,17-18,20-21,26-27,29-30,40-41,43,45,51,54,60,63,72H,4-8,10-11,13-16,19,22-25,28,31-39,42,44,46-50,52-53,55-59,61-62,64-71H2,1-3H3/b12-9-,20-17-,21-18-,29-26-,30-27-,43-40-,45-41-,54-51-,63-60-. The smallest absolute Gasteiger partial charge is 0.306 e. The van der Waals surface area contributed by atoms with Gasteiger partial charge in [-0.05, 0) is 96.3 Å². The van der Waals surface area contributed by atoms with Crippen LogP contribution in [0.25, 0.3) is 0 Å². The first-order valence-electron chi connectivity index (χ1n) is 34.4. The lowest BCUT2D eigenvalue weighted by Crippen LogP contribution is -2.30. The Bertz CT molecular complexity index is 1620. The van der Waals surface area contributed by atoms with Crippen LogP contribution in [0.5, 0.6) is 0 Å². The van der Waals surface area contributed by atoms with Crippen LogP contribution >= 0.6 is 0 Å². The van der Waals surface area contributed by atoms with E-state index in [0.29, 0.717) is 19.3 Å². The Hall–Kier alpha value is -3.93. The molecular formula is C75H128O6. The van der Waals surface area contributed by atoms with Gasteiger partial charge in [0.15, 0.2) is 6.10 Å². The fourth-order valence-corrected chi connectivity index (χ4v) is 9.65. The molecule has 6 nitrogen and oxygen atoms in total. The number of hydrogen-bond acceptors (Lipinski definition) is 6. The van der Waals surface area contributed by atoms with Crippen molar-refractivity contribution >= 4 is 17.9 Å². The number of allylic oxidation sites excluding steroid dienone is 18. The van der Waals surface area contributed by atoms with E-state index in [1.54, 1.807) is 0 Å². The van der Waals surface area contributed by atoms with Gasteiger partial charge in [0.05, 0.1) is 0 Å². The van der Waals surface area contributed by atoms with E-state index in [4.69, 9.17) is 14.2 Å². The molecule has 0 rings (SSSR count). The summed E-state index contributed by atoms with van der Waals surface area (Å²) in [6, 6.07) is 0. The van der Waals surface area contributed by atoms with Crippen molar-refractivity contribution in [2.75, 3.05) is 13.2 Å². The molecule has 0 aliphatic rings. The topological polar surface area (TPSA) is 78.9 Å². The molecule has 81 heavy (non-hydrogen) atoms. The maximum atomic E-state index is 12.9. The Balaban J connectivity index is 4.43. The molecule has 6 heteroatoms. The fourth-order valence-electron chi connectivity index (χ4n) is 9.65. The zero-order chi connectivity index (χ0) is 58.5. The number of carbonyl (C=O) groups excluding carboxylic acids is 3. The molecule has 0 aliphatic carbocycles. The normalized spacial score (nSPS) is 12.8. The van der Waals surface area contributed by atoms with Crippen LogP contribution in [0.1, 0.15) is 329 Å². The van der Waals surface area contributed by atoms with Gasteiger partial charge in [0.1, 0.15) is 13.2 Å². The highest BCUT2D eigenvalue weighted by Crippen LogP contribution is 2.17. The van der Waals surface area contributed by atoms with Crippen LogP contribution in [0.3, 0.4) is 0 Å². The molecule has 0 radical (unpaired) electrons. The summed E-state index contributed by atoms with van der Waals surface area (Å²) >= 11 is 0. The molecule has 0 bridgehead atoms. The number of carbonyl (C=O) groups is 3. The second-order valence-corrected chi connectivity index (χ2v) is 22.7. The first-order chi connectivity index (χ1) is 40.0. The van der Waals surface area contributed by atoms with Crippen LogP contribution in [0.4, 0.5) is 0 Å². The lowest BCUT2D eigenvalue weighted by Gasteiger charge is -2.18. The van der Waals surface area contributed by atoms with E-state index in [1.807, 2.05) is 6.08 Å². The van der Waals surface area contributed by atoms with Crippen LogP contribution in [-0.2, 0) is 28.6 Å². The molecule has 0 fully saturated rings. The lowest BCUT2D eigenvalue weighted by molar-refractivity contribution is -0.166. The Morgan fingerprint density at radius 3 is 0.827 bits per heavy atom. The number of unbranched alkanes of at least 4 members (excludes halogenated alkanes) is 33. The van der Waals surface area contributed by atoms with E-state index in [1.165, 1.54) is 180 Å². The predicted octanol–water partition coefficient (Wildman–Crippen LogP) is 23.8. The second kappa shape index (κ2) is 68.6. The van der Waals surface area contributed by atoms with Crippen LogP contribution in [0.2, 0.25) is 0 Å². The van der Waals surface area contributed by atoms with Gasteiger partial charge in [0.25, 0.3) is 0 Å². The van der Waals surface area contributed by atoms with E-state index in [-0.39, 0.29) is 31.6 Å². The van der Waals surface area contributed by atoms with Gasteiger partial charge in [-0.15, -0.1) is 0 Å². The van der Waals surface area contributed by atoms with Crippen molar-refractivity contribution in [2.24, 2.45) is 0 Å². The molecular weight excluding hydrogens is 997 g/mol. The van der Waals surface area contributed by atoms with Crippen molar-refractivity contribution in [2.45, 2.75) is 335 Å². The largest absolute Gasteiger partial charge is 0.462 e. The minimum absolute atomic E-state index is 0.111. The second-order valence-electron chi connectivity index (χ2n) is 22.7. The summed E-state index contributed by atoms with van der Waals surface area (Å²) in [6.07, 6.45) is 94.1. The van der Waals surface area contributed by atoms with Gasteiger partial charge in [0, 0.05) is 19.3 Å². The molecule has 0 amide bonds. The molecule has 0 aromatic carbocycles. The number of ether oxygens (including phenoxy) is 3. The predicted molar refractivity (Wildman–Crippen MR) is 353 cm³/mol. The molecule has 0 saturated heterocycles. The molecule has 0 heterocycles. The monoisotopic (exact) mass is 1120 g/mol. The van der Waals surface area contributed by atoms with E-state index in [0.717, 1.165) is 103 Å². The average Bonchev–Trinajstić information content (AvgIpc) is 3.47. The minimum Gasteiger partial charge on any atom is -0.462 e. The Labute approximate surface area is 501 Å². The lowest BCUT2D eigenvalue weighted by atomic mass is 10.0. The van der Waals surface area contributed by atoms with E-state index in [2.05, 4.69) is 124 Å². The molecule has 0 saturated carbocycles. The molecule has 0 aliphatic heterocycles. The number of rotatable bonds is 62. The first kappa shape index (κ1) is 77.1. The maximum absolute atomic E-state index is 12.9. The Kier molecular flexibility index (Phi) is 65.2. The summed E-state index contributed by atoms with van der Waals surface area (Å²) in [6.45, 7) is 6.47. The average molecular weight is 1130 g/mol. The van der Waals surface area contributed by atoms with E-state index in [9.17, 15) is 14.4 Å². The zero-order valence-electron chi connectivity index (χ0n) is 53.3. The summed E-state index contributed by atoms with van der Waals surface area (Å²) in [7, 11) is 0. The summed E-state index contributed by atoms with van der Waals surface area (Å²) in [4.78, 5) is 38.4. The molecule has 1 atom stereocenters. The first-order valence-corrected chi connectivity index (χ1v) is 34.4. The van der Waals surface area contributed by atoms with Gasteiger partial charge in [-0.1, -0.05) is 323 Å². The molecule has 1 unspecified atom stereocenters. The quantitative estimate of drug-likeness (QED) is 0.0261. The summed E-state index contributed by atoms with van der Waals surface area (Å²) in [5.41, 5.74) is 0. The highest BCUT2D eigenvalue weighted by atomic mass is 16.6. The van der Waals surface area contributed by atoms with Crippen molar-refractivity contribution < 1.29 is 28.6 Å². The third-order valence-electron chi connectivity index (χ3n) is 14.8. The number of esters is 3. The zero-order valence-corrected chi connectivity index (χ0v) is 53.3. The fraction of sp³-hybridized carbons (Fsp3) is 0.720. The summed E-state index contributed by atoms with van der Waals surface area (Å²) in [5, 5.41) is 0. The van der Waals surface area contributed by atoms with Crippen molar-refractivity contribution in [1.82, 2.24) is 0 Å². The molecule has 0 spiro atoms. The van der Waals surface area contributed by atoms with Crippen LogP contribution in [-0.4, -0.2) is 37.2 Å². The molecule has 0 aromatic rings. The Morgan fingerprint density at radius 2 is 0.506 bits per heavy atom. The minimum atomic E-state index is -0.827. The molecule has 0 N–H and O–H groups in total. The van der Waals surface area contributed by atoms with Crippen molar-refractivity contribution in [3.05, 3.63) is 109 Å². The maximum Gasteiger partial charge on any atom is 0.306 e. The van der Waals surface area contributed by atoms with Crippen LogP contribution in [0, 0.1) is 0 Å². The SMILES string of the molecule is CC/C=C\C/C=C\C/C=C\C/C=C\C/C=C\C/C=C\CCC(=O)OC(COC(=O)CCCCCCCC/C=C\C/C=C\C/C=C\CCCCC)COC(=O)CCCCCCCCCCCCCCCCCCCCCCCCCCC. The van der Waals surface area contributed by atoms with E-state index >= 15 is 0 Å². The molecule has 464 valence electrons. The van der Waals surface area contributed by atoms with Gasteiger partial charge in [0.2, 0.25) is 0 Å². The summed E-state index contributed by atoms with van der Waals surface area (Å²) in [5.74, 6) is -0.997. The third kappa shape index (κ3) is 66.8. The van der Waals surface area contributed by atoms with Crippen LogP contribution < -0.4 is 0 Å². The van der Waals surface area contributed by atoms with Gasteiger partial charge in [-0.2, -0.15) is 0 Å². The summed E-state index contributed by atoms with van der Waals surface area (Å²) < 4.78 is 16.9. The van der Waals surface area contributed by atoms with Crippen molar-refractivity contribution in [3.8, 4) is 0 Å². The Morgan fingerprint density at radius 1 is 0.259 bits per heavy atom. The highest BCUT2D eigenvalue weighted by molar-refractivity contribution is 5.71. The third-order valence-corrected chi connectivity index (χ3v) is 14.8. The highest BCUT2D eigenvalue weighted by Gasteiger charge is 2.19. The van der Waals surface area contributed by atoms with Gasteiger partial charge in [-0.25, -0.2) is 0 Å². The molecule has 0 aromatic heterocycles. The van der Waals surface area contributed by atoms with Crippen molar-refractivity contribution in [3.63, 3.8) is 0 Å². The van der Waals surface area contributed by atoms with Crippen molar-refractivity contribution in [1.29, 1.82) is 0 Å². The van der Waals surface area contributed by atoms with E-state index < -0.39 is 12.1 Å². The van der Waals surface area contributed by atoms with Gasteiger partial charge < -0.3 is 14.2 Å².